The average molecular weight is 696 g/mol. The monoisotopic (exact) mass is 695 g/mol. The number of rotatable bonds is 5. The molecule has 9 aromatic rings. The molecule has 2 aromatic heterocycles. The second kappa shape index (κ2) is 12.5. The van der Waals surface area contributed by atoms with Gasteiger partial charge in [-0.1, -0.05) is 133 Å². The Hall–Kier alpha value is -6.62. The van der Waals surface area contributed by atoms with Crippen LogP contribution in [0, 0.1) is 0 Å². The molecule has 2 aliphatic rings. The molecule has 54 heavy (non-hydrogen) atoms. The van der Waals surface area contributed by atoms with Crippen LogP contribution in [-0.2, 0) is 0 Å². The maximum Gasteiger partial charge on any atom is 0.195 e. The molecule has 7 aromatic carbocycles. The summed E-state index contributed by atoms with van der Waals surface area (Å²) in [7, 11) is 0. The first-order valence-corrected chi connectivity index (χ1v) is 19.0. The van der Waals surface area contributed by atoms with Crippen molar-refractivity contribution in [1.82, 2.24) is 9.13 Å². The van der Waals surface area contributed by atoms with Crippen molar-refractivity contribution >= 4 is 55.0 Å². The third-order valence-corrected chi connectivity index (χ3v) is 11.7. The summed E-state index contributed by atoms with van der Waals surface area (Å²) in [6, 6.07) is 60.8. The number of hydrogen-bond donors (Lipinski definition) is 2. The SMILES string of the molecule is C1=CCC(n2c3ccccc3c3cc(-c4ccc5c(c4)c4cc(-c6ccccc6)ccc4n5C4[NH2+]c5ccccc5NC4c4ccccc4)ccc32)C=C1. The molecule has 4 nitrogen and oxygen atoms in total. The van der Waals surface area contributed by atoms with Crippen LogP contribution < -0.4 is 10.6 Å². The summed E-state index contributed by atoms with van der Waals surface area (Å²) in [5, 5.41) is 11.5. The Bertz CT molecular complexity index is 2930. The minimum absolute atomic E-state index is 0.0434. The van der Waals surface area contributed by atoms with E-state index in [4.69, 9.17) is 0 Å². The summed E-state index contributed by atoms with van der Waals surface area (Å²) in [4.78, 5) is 0. The van der Waals surface area contributed by atoms with E-state index in [0.717, 1.165) is 6.42 Å². The number of anilines is 1. The predicted octanol–water partition coefficient (Wildman–Crippen LogP) is 11.9. The van der Waals surface area contributed by atoms with E-state index in [9.17, 15) is 0 Å². The smallest absolute Gasteiger partial charge is 0.195 e. The second-order valence-corrected chi connectivity index (χ2v) is 14.7. The fourth-order valence-corrected chi connectivity index (χ4v) is 9.13. The van der Waals surface area contributed by atoms with Gasteiger partial charge in [0.05, 0.1) is 22.8 Å². The maximum absolute atomic E-state index is 3.95. The van der Waals surface area contributed by atoms with Gasteiger partial charge in [0.25, 0.3) is 0 Å². The summed E-state index contributed by atoms with van der Waals surface area (Å²) in [5.74, 6) is 0. The molecule has 0 spiro atoms. The van der Waals surface area contributed by atoms with Gasteiger partial charge in [0.1, 0.15) is 6.04 Å². The Morgan fingerprint density at radius 2 is 1.06 bits per heavy atom. The molecule has 1 aliphatic carbocycles. The van der Waals surface area contributed by atoms with E-state index in [1.807, 2.05) is 0 Å². The van der Waals surface area contributed by atoms with Crippen molar-refractivity contribution in [2.45, 2.75) is 24.7 Å². The van der Waals surface area contributed by atoms with E-state index in [1.54, 1.807) is 0 Å². The molecule has 4 heteroatoms. The van der Waals surface area contributed by atoms with Gasteiger partial charge < -0.3 is 9.88 Å². The van der Waals surface area contributed by atoms with Crippen LogP contribution in [0.25, 0.3) is 65.9 Å². The Morgan fingerprint density at radius 3 is 1.76 bits per heavy atom. The van der Waals surface area contributed by atoms with Gasteiger partial charge in [-0.2, -0.15) is 0 Å². The summed E-state index contributed by atoms with van der Waals surface area (Å²) >= 11 is 0. The van der Waals surface area contributed by atoms with E-state index in [1.165, 1.54) is 82.8 Å². The number of allylic oxidation sites excluding steroid dienone is 4. The van der Waals surface area contributed by atoms with Crippen molar-refractivity contribution in [1.29, 1.82) is 0 Å². The van der Waals surface area contributed by atoms with Gasteiger partial charge in [0.15, 0.2) is 11.9 Å². The van der Waals surface area contributed by atoms with Gasteiger partial charge in [-0.3, -0.25) is 9.88 Å². The number of nitrogens with two attached hydrogens (primary N) is 1. The van der Waals surface area contributed by atoms with Crippen LogP contribution >= 0.6 is 0 Å². The van der Waals surface area contributed by atoms with E-state index < -0.39 is 0 Å². The average Bonchev–Trinajstić information content (AvgIpc) is 3.76. The molecule has 0 radical (unpaired) electrons. The lowest BCUT2D eigenvalue weighted by Crippen LogP contribution is -2.84. The van der Waals surface area contributed by atoms with Gasteiger partial charge in [-0.15, -0.1) is 0 Å². The van der Waals surface area contributed by atoms with Crippen LogP contribution in [0.2, 0.25) is 0 Å². The van der Waals surface area contributed by atoms with Crippen molar-refractivity contribution in [3.8, 4) is 22.3 Å². The van der Waals surface area contributed by atoms with Gasteiger partial charge in [0, 0.05) is 38.6 Å². The highest BCUT2D eigenvalue weighted by Gasteiger charge is 2.36. The van der Waals surface area contributed by atoms with Gasteiger partial charge in [0.2, 0.25) is 0 Å². The number of nitrogens with one attached hydrogen (secondary N) is 1. The zero-order valence-electron chi connectivity index (χ0n) is 29.8. The Kier molecular flexibility index (Phi) is 7.17. The van der Waals surface area contributed by atoms with Crippen LogP contribution in [0.4, 0.5) is 11.4 Å². The molecular weight excluding hydrogens is 657 g/mol. The minimum Gasteiger partial charge on any atom is -0.366 e. The molecule has 0 fully saturated rings. The molecule has 0 bridgehead atoms. The molecule has 3 N–H and O–H groups in total. The van der Waals surface area contributed by atoms with Gasteiger partial charge >= 0.3 is 0 Å². The van der Waals surface area contributed by atoms with Gasteiger partial charge in [-0.05, 0) is 82.8 Å². The number of para-hydroxylation sites is 3. The Balaban J connectivity index is 1.12. The molecule has 0 amide bonds. The number of benzene rings is 7. The first kappa shape index (κ1) is 31.0. The van der Waals surface area contributed by atoms with Crippen LogP contribution in [0.15, 0.2) is 188 Å². The summed E-state index contributed by atoms with van der Waals surface area (Å²) in [6.45, 7) is 0. The lowest BCUT2D eigenvalue weighted by atomic mass is 9.99. The highest BCUT2D eigenvalue weighted by atomic mass is 15.3. The van der Waals surface area contributed by atoms with Crippen LogP contribution in [0.5, 0.6) is 0 Å². The fourth-order valence-electron chi connectivity index (χ4n) is 9.13. The quantitative estimate of drug-likeness (QED) is 0.173. The molecular formula is C50H39N4+. The van der Waals surface area contributed by atoms with Crippen molar-refractivity contribution in [3.63, 3.8) is 0 Å². The lowest BCUT2D eigenvalue weighted by Gasteiger charge is -2.34. The first-order chi connectivity index (χ1) is 26.8. The Morgan fingerprint density at radius 1 is 0.481 bits per heavy atom. The van der Waals surface area contributed by atoms with E-state index >= 15 is 0 Å². The molecule has 1 aliphatic heterocycles. The summed E-state index contributed by atoms with van der Waals surface area (Å²) in [6.07, 6.45) is 9.98. The van der Waals surface area contributed by atoms with Crippen molar-refractivity contribution in [3.05, 3.63) is 194 Å². The highest BCUT2D eigenvalue weighted by molar-refractivity contribution is 6.12. The lowest BCUT2D eigenvalue weighted by molar-refractivity contribution is -0.639. The number of fused-ring (bicyclic) bond motifs is 7. The van der Waals surface area contributed by atoms with Crippen LogP contribution in [0.1, 0.15) is 30.2 Å². The van der Waals surface area contributed by atoms with Crippen molar-refractivity contribution < 1.29 is 5.32 Å². The van der Waals surface area contributed by atoms with Gasteiger partial charge in [-0.25, -0.2) is 0 Å². The fraction of sp³-hybridized carbons (Fsp3) is 0.0800. The first-order valence-electron chi connectivity index (χ1n) is 19.0. The zero-order valence-corrected chi connectivity index (χ0v) is 29.8. The standard InChI is InChI=1S/C50H38N4/c1-4-14-33(15-5-1)35-24-28-47-41(30-35)42-32-37(36-25-27-46-40(31-36)39-20-10-13-23-45(39)53(46)38-18-8-3-9-19-38)26-29-48(42)54(47)50-49(34-16-6-2-7-17-34)51-43-21-11-12-22-44(43)52-50/h1-18,20-32,38,49-52H,19H2/p+1. The van der Waals surface area contributed by atoms with Crippen LogP contribution in [0.3, 0.4) is 0 Å². The number of aromatic nitrogens is 2. The summed E-state index contributed by atoms with van der Waals surface area (Å²) in [5.41, 5.74) is 13.6. The second-order valence-electron chi connectivity index (χ2n) is 14.7. The van der Waals surface area contributed by atoms with E-state index in [-0.39, 0.29) is 12.2 Å². The predicted molar refractivity (Wildman–Crippen MR) is 225 cm³/mol. The minimum atomic E-state index is 0.0434. The third kappa shape index (κ3) is 4.95. The number of nitrogens with zero attached hydrogens (tertiary/aromatic N) is 2. The number of hydrogen-bond acceptors (Lipinski definition) is 1. The third-order valence-electron chi connectivity index (χ3n) is 11.7. The normalized spacial score (nSPS) is 18.0. The highest BCUT2D eigenvalue weighted by Crippen LogP contribution is 2.42. The molecule has 3 atom stereocenters. The molecule has 3 heterocycles. The number of quaternary nitrogens is 1. The maximum atomic E-state index is 3.95. The molecule has 258 valence electrons. The van der Waals surface area contributed by atoms with Crippen LogP contribution in [-0.4, -0.2) is 9.13 Å². The zero-order chi connectivity index (χ0) is 35.6. The largest absolute Gasteiger partial charge is 0.366 e. The molecule has 0 saturated heterocycles. The molecule has 11 rings (SSSR count). The van der Waals surface area contributed by atoms with E-state index in [0.29, 0.717) is 6.04 Å². The van der Waals surface area contributed by atoms with Crippen molar-refractivity contribution in [2.75, 3.05) is 5.32 Å². The van der Waals surface area contributed by atoms with E-state index in [2.05, 4.69) is 208 Å². The Labute approximate surface area is 314 Å². The molecule has 0 saturated carbocycles. The summed E-state index contributed by atoms with van der Waals surface area (Å²) < 4.78 is 5.10. The molecule has 3 unspecified atom stereocenters. The van der Waals surface area contributed by atoms with Crippen molar-refractivity contribution in [2.24, 2.45) is 0 Å². The topological polar surface area (TPSA) is 38.5 Å².